The number of aryl methyl sites for hydroxylation is 2. The Hall–Kier alpha value is -1.35. The van der Waals surface area contributed by atoms with E-state index in [1.165, 1.54) is 43.2 Å². The number of hydrogen-bond acceptors (Lipinski definition) is 1. The van der Waals surface area contributed by atoms with Crippen LogP contribution in [0.4, 0.5) is 8.78 Å². The topological polar surface area (TPSA) is 0 Å². The molecule has 0 heterocycles. The second-order valence-electron chi connectivity index (χ2n) is 6.82. The van der Waals surface area contributed by atoms with Crippen molar-refractivity contribution in [2.24, 2.45) is 0 Å². The highest BCUT2D eigenvalue weighted by atomic mass is 32.2. The number of rotatable bonds is 11. The zero-order valence-electron chi connectivity index (χ0n) is 15.9. The number of halogens is 2. The first kappa shape index (κ1) is 21.0. The normalized spacial score (nSPS) is 11.3. The lowest BCUT2D eigenvalue weighted by Gasteiger charge is -2.12. The molecule has 142 valence electrons. The SMILES string of the molecule is CCCCCc1ccc(-c2cc(CCCCC)ccc2SC(F)F)cc1. The summed E-state index contributed by atoms with van der Waals surface area (Å²) in [6.07, 6.45) is 9.30. The van der Waals surface area contributed by atoms with Crippen LogP contribution in [0.5, 0.6) is 0 Å². The first-order valence-electron chi connectivity index (χ1n) is 9.81. The Kier molecular flexibility index (Phi) is 9.17. The average Bonchev–Trinajstić information content (AvgIpc) is 2.63. The van der Waals surface area contributed by atoms with Crippen LogP contribution in [0.25, 0.3) is 11.1 Å². The van der Waals surface area contributed by atoms with E-state index >= 15 is 0 Å². The van der Waals surface area contributed by atoms with Crippen molar-refractivity contribution in [3.8, 4) is 11.1 Å². The highest BCUT2D eigenvalue weighted by Gasteiger charge is 2.12. The molecule has 0 fully saturated rings. The van der Waals surface area contributed by atoms with Crippen LogP contribution >= 0.6 is 11.8 Å². The maximum atomic E-state index is 13.0. The summed E-state index contributed by atoms with van der Waals surface area (Å²) in [4.78, 5) is 0.665. The van der Waals surface area contributed by atoms with E-state index in [1.807, 2.05) is 12.1 Å². The van der Waals surface area contributed by atoms with Crippen LogP contribution in [0.2, 0.25) is 0 Å². The summed E-state index contributed by atoms with van der Waals surface area (Å²) >= 11 is 0.645. The highest BCUT2D eigenvalue weighted by Crippen LogP contribution is 2.36. The van der Waals surface area contributed by atoms with Crippen LogP contribution in [0.15, 0.2) is 47.4 Å². The molecule has 3 heteroatoms. The third-order valence-corrected chi connectivity index (χ3v) is 5.45. The molecular weight excluding hydrogens is 346 g/mol. The summed E-state index contributed by atoms with van der Waals surface area (Å²) in [7, 11) is 0. The maximum Gasteiger partial charge on any atom is 0.288 e. The Morgan fingerprint density at radius 1 is 0.769 bits per heavy atom. The quantitative estimate of drug-likeness (QED) is 0.282. The molecule has 0 amide bonds. The number of hydrogen-bond donors (Lipinski definition) is 0. The van der Waals surface area contributed by atoms with E-state index in [1.54, 1.807) is 0 Å². The molecule has 2 aromatic carbocycles. The van der Waals surface area contributed by atoms with Gasteiger partial charge in [0.15, 0.2) is 0 Å². The Morgan fingerprint density at radius 2 is 1.35 bits per heavy atom. The fourth-order valence-corrected chi connectivity index (χ4v) is 3.81. The lowest BCUT2D eigenvalue weighted by atomic mass is 9.98. The van der Waals surface area contributed by atoms with Crippen molar-refractivity contribution >= 4 is 11.8 Å². The number of thioether (sulfide) groups is 1. The van der Waals surface area contributed by atoms with Gasteiger partial charge in [-0.1, -0.05) is 87.7 Å². The fourth-order valence-electron chi connectivity index (χ4n) is 3.17. The van der Waals surface area contributed by atoms with Gasteiger partial charge < -0.3 is 0 Å². The molecule has 0 N–H and O–H groups in total. The largest absolute Gasteiger partial charge is 0.288 e. The van der Waals surface area contributed by atoms with Gasteiger partial charge in [-0.3, -0.25) is 0 Å². The van der Waals surface area contributed by atoms with Gasteiger partial charge in [-0.25, -0.2) is 0 Å². The van der Waals surface area contributed by atoms with E-state index in [9.17, 15) is 8.78 Å². The van der Waals surface area contributed by atoms with Crippen molar-refractivity contribution < 1.29 is 8.78 Å². The van der Waals surface area contributed by atoms with E-state index in [2.05, 4.69) is 44.2 Å². The summed E-state index contributed by atoms with van der Waals surface area (Å²) < 4.78 is 25.9. The van der Waals surface area contributed by atoms with Crippen LogP contribution in [-0.2, 0) is 12.8 Å². The highest BCUT2D eigenvalue weighted by molar-refractivity contribution is 7.99. The predicted molar refractivity (Wildman–Crippen MR) is 110 cm³/mol. The summed E-state index contributed by atoms with van der Waals surface area (Å²) in [5.74, 6) is -2.40. The third-order valence-electron chi connectivity index (χ3n) is 4.66. The molecule has 0 aromatic heterocycles. The maximum absolute atomic E-state index is 13.0. The number of unbranched alkanes of at least 4 members (excludes halogenated alkanes) is 4. The molecule has 0 spiro atoms. The van der Waals surface area contributed by atoms with Crippen LogP contribution in [0.3, 0.4) is 0 Å². The summed E-state index contributed by atoms with van der Waals surface area (Å²) in [6, 6.07) is 14.4. The molecule has 0 aliphatic rings. The second-order valence-corrected chi connectivity index (χ2v) is 7.85. The summed E-state index contributed by atoms with van der Waals surface area (Å²) in [5.41, 5.74) is 4.53. The molecule has 0 radical (unpaired) electrons. The molecule has 0 bridgehead atoms. The van der Waals surface area contributed by atoms with Crippen LogP contribution in [0, 0.1) is 0 Å². The van der Waals surface area contributed by atoms with E-state index in [0.29, 0.717) is 16.7 Å². The van der Waals surface area contributed by atoms with Gasteiger partial charge in [0.25, 0.3) is 5.76 Å². The minimum absolute atomic E-state index is 0.645. The summed E-state index contributed by atoms with van der Waals surface area (Å²) in [5, 5.41) is 0. The molecule has 0 atom stereocenters. The van der Waals surface area contributed by atoms with E-state index < -0.39 is 5.76 Å². The Labute approximate surface area is 161 Å². The van der Waals surface area contributed by atoms with Gasteiger partial charge in [-0.2, -0.15) is 8.78 Å². The van der Waals surface area contributed by atoms with Gasteiger partial charge in [0.2, 0.25) is 0 Å². The van der Waals surface area contributed by atoms with Gasteiger partial charge in [0.1, 0.15) is 0 Å². The van der Waals surface area contributed by atoms with Crippen molar-refractivity contribution in [1.29, 1.82) is 0 Å². The van der Waals surface area contributed by atoms with Crippen molar-refractivity contribution in [2.45, 2.75) is 75.9 Å². The molecule has 0 aliphatic carbocycles. The van der Waals surface area contributed by atoms with Crippen LogP contribution in [-0.4, -0.2) is 5.76 Å². The van der Waals surface area contributed by atoms with Crippen molar-refractivity contribution in [1.82, 2.24) is 0 Å². The van der Waals surface area contributed by atoms with E-state index in [4.69, 9.17) is 0 Å². The molecule has 2 aromatic rings. The number of alkyl halides is 2. The molecule has 0 nitrogen and oxygen atoms in total. The van der Waals surface area contributed by atoms with Gasteiger partial charge in [0.05, 0.1) is 0 Å². The van der Waals surface area contributed by atoms with Gasteiger partial charge >= 0.3 is 0 Å². The van der Waals surface area contributed by atoms with Crippen molar-refractivity contribution in [2.75, 3.05) is 0 Å². The lowest BCUT2D eigenvalue weighted by molar-refractivity contribution is 0.252. The standard InChI is InChI=1S/C23H30F2S/c1-3-5-7-9-18-11-14-20(15-12-18)21-17-19(10-8-6-4-2)13-16-22(21)26-23(24)25/h11-17,23H,3-10H2,1-2H3. The second kappa shape index (κ2) is 11.4. The minimum Gasteiger partial charge on any atom is -0.198 e. The molecule has 0 aliphatic heterocycles. The average molecular weight is 377 g/mol. The molecule has 26 heavy (non-hydrogen) atoms. The fraction of sp³-hybridized carbons (Fsp3) is 0.478. The smallest absolute Gasteiger partial charge is 0.198 e. The summed E-state index contributed by atoms with van der Waals surface area (Å²) in [6.45, 7) is 4.40. The zero-order valence-corrected chi connectivity index (χ0v) is 16.8. The lowest BCUT2D eigenvalue weighted by Crippen LogP contribution is -1.92. The monoisotopic (exact) mass is 376 g/mol. The van der Waals surface area contributed by atoms with Crippen LogP contribution < -0.4 is 0 Å². The molecular formula is C23H30F2S. The van der Waals surface area contributed by atoms with Crippen LogP contribution in [0.1, 0.15) is 63.5 Å². The minimum atomic E-state index is -2.40. The van der Waals surface area contributed by atoms with Gasteiger partial charge in [0, 0.05) is 4.90 Å². The first-order chi connectivity index (χ1) is 12.6. The molecule has 0 saturated carbocycles. The predicted octanol–water partition coefficient (Wildman–Crippen LogP) is 8.13. The Morgan fingerprint density at radius 3 is 1.92 bits per heavy atom. The van der Waals surface area contributed by atoms with E-state index in [-0.39, 0.29) is 0 Å². The number of benzene rings is 2. The Bertz CT molecular complexity index is 650. The Balaban J connectivity index is 2.21. The van der Waals surface area contributed by atoms with Crippen molar-refractivity contribution in [3.63, 3.8) is 0 Å². The molecule has 0 unspecified atom stereocenters. The van der Waals surface area contributed by atoms with Gasteiger partial charge in [-0.15, -0.1) is 0 Å². The molecule has 2 rings (SSSR count). The third kappa shape index (κ3) is 6.75. The van der Waals surface area contributed by atoms with Crippen molar-refractivity contribution in [3.05, 3.63) is 53.6 Å². The zero-order chi connectivity index (χ0) is 18.8. The first-order valence-corrected chi connectivity index (χ1v) is 10.7. The molecule has 0 saturated heterocycles. The van der Waals surface area contributed by atoms with Gasteiger partial charge in [-0.05, 0) is 54.0 Å². The van der Waals surface area contributed by atoms with E-state index in [0.717, 1.165) is 30.4 Å².